The van der Waals surface area contributed by atoms with Crippen molar-refractivity contribution < 1.29 is 8.83 Å². The summed E-state index contributed by atoms with van der Waals surface area (Å²) in [7, 11) is 0. The molecule has 0 spiro atoms. The van der Waals surface area contributed by atoms with Crippen molar-refractivity contribution in [1.82, 2.24) is 0 Å². The molecule has 0 radical (unpaired) electrons. The molecule has 0 saturated carbocycles. The Balaban J connectivity index is 0.000000140. The number of fused-ring (bicyclic) bond motifs is 18. The van der Waals surface area contributed by atoms with E-state index in [1.807, 2.05) is 12.1 Å². The van der Waals surface area contributed by atoms with E-state index in [1.165, 1.54) is 149 Å². The Labute approximate surface area is 639 Å². The normalized spacial score (nSPS) is 11.9. The minimum absolute atomic E-state index is 0.395. The molecule has 0 unspecified atom stereocenters. The minimum atomic E-state index is 0.395. The molecule has 2 aromatic heterocycles. The molecule has 0 atom stereocenters. The van der Waals surface area contributed by atoms with Crippen LogP contribution in [0.1, 0.15) is 42.0 Å². The molecule has 0 aliphatic heterocycles. The lowest BCUT2D eigenvalue weighted by atomic mass is 9.70. The number of hydrogen-bond acceptors (Lipinski definition) is 4. The third kappa shape index (κ3) is 10.3. The van der Waals surface area contributed by atoms with Crippen LogP contribution < -0.4 is 9.80 Å². The fraction of sp³-hybridized carbons (Fsp3) is 0.0566. The van der Waals surface area contributed by atoms with Crippen LogP contribution in [0.4, 0.5) is 34.1 Å². The van der Waals surface area contributed by atoms with Crippen molar-refractivity contribution in [3.63, 3.8) is 0 Å². The zero-order valence-electron chi connectivity index (χ0n) is 61.8. The zero-order chi connectivity index (χ0) is 73.4. The summed E-state index contributed by atoms with van der Waals surface area (Å²) in [4.78, 5) is 4.80. The van der Waals surface area contributed by atoms with E-state index in [9.17, 15) is 0 Å². The highest BCUT2D eigenvalue weighted by atomic mass is 16.3. The van der Waals surface area contributed by atoms with Crippen LogP contribution >= 0.6 is 0 Å². The lowest BCUT2D eigenvalue weighted by Gasteiger charge is -2.33. The molecule has 18 aromatic carbocycles. The van der Waals surface area contributed by atoms with Crippen molar-refractivity contribution in [3.05, 3.63) is 374 Å². The van der Waals surface area contributed by atoms with Crippen molar-refractivity contribution in [1.29, 1.82) is 0 Å². The average Bonchev–Trinajstić information content (AvgIpc) is 0.913. The first-order valence-corrected chi connectivity index (χ1v) is 38.3. The van der Waals surface area contributed by atoms with Gasteiger partial charge in [0.25, 0.3) is 0 Å². The first kappa shape index (κ1) is 64.6. The van der Waals surface area contributed by atoms with Gasteiger partial charge in [-0.1, -0.05) is 281 Å². The maximum Gasteiger partial charge on any atom is 0.159 e. The molecule has 0 saturated heterocycles. The molecule has 20 aromatic rings. The predicted molar refractivity (Wildman–Crippen MR) is 466 cm³/mol. The van der Waals surface area contributed by atoms with Crippen molar-refractivity contribution >= 4 is 121 Å². The Morgan fingerprint density at radius 1 is 0.245 bits per heavy atom. The van der Waals surface area contributed by atoms with E-state index in [2.05, 4.69) is 384 Å². The summed E-state index contributed by atoms with van der Waals surface area (Å²) in [5.41, 5.74) is 35.8. The molecule has 0 bridgehead atoms. The zero-order valence-corrected chi connectivity index (χ0v) is 61.8. The topological polar surface area (TPSA) is 32.8 Å². The summed E-state index contributed by atoms with van der Waals surface area (Å²) in [5.74, 6) is 0.395. The quantitative estimate of drug-likeness (QED) is 0.129. The highest BCUT2D eigenvalue weighted by Gasteiger charge is 2.36. The summed E-state index contributed by atoms with van der Waals surface area (Å²) in [6.07, 6.45) is 0. The van der Waals surface area contributed by atoms with Gasteiger partial charge in [-0.2, -0.15) is 0 Å². The molecule has 2 heterocycles. The fourth-order valence-corrected chi connectivity index (χ4v) is 18.0. The third-order valence-electron chi connectivity index (χ3n) is 23.2. The lowest BCUT2D eigenvalue weighted by molar-refractivity contribution is 0.668. The SMILES string of the molecule is Cc1ccc(C)c(N(c2ccc3cc4c(cc3c2)-c2c-4c(-c3ccccc3)c3ccccc3c2-c2ccccc2)c2cccc3c2oc2ccccc23)c1.Cc1ccc2c(oc3ccccc32)c1N(c1cccc(C(C)C)c1)c1ccc2cc3c(cc2c1)-c1c-3c(-c2ccccc2)c2ccccc2c1-c1ccccc1. The van der Waals surface area contributed by atoms with Gasteiger partial charge in [-0.25, -0.2) is 0 Å². The average molecular weight is 1410 g/mol. The summed E-state index contributed by atoms with van der Waals surface area (Å²) in [6.45, 7) is 11.1. The van der Waals surface area contributed by atoms with E-state index in [4.69, 9.17) is 8.83 Å². The van der Waals surface area contributed by atoms with Crippen LogP contribution in [0.25, 0.3) is 176 Å². The smallest absolute Gasteiger partial charge is 0.159 e. The van der Waals surface area contributed by atoms with Gasteiger partial charge in [-0.15, -0.1) is 0 Å². The van der Waals surface area contributed by atoms with Crippen LogP contribution in [0.15, 0.2) is 361 Å². The summed E-state index contributed by atoms with van der Waals surface area (Å²) < 4.78 is 13.4. The van der Waals surface area contributed by atoms with Gasteiger partial charge in [0.05, 0.1) is 11.4 Å². The summed E-state index contributed by atoms with van der Waals surface area (Å²) >= 11 is 0. The molecule has 0 fully saturated rings. The van der Waals surface area contributed by atoms with Crippen molar-refractivity contribution in [2.24, 2.45) is 0 Å². The highest BCUT2D eigenvalue weighted by Crippen LogP contribution is 2.62. The lowest BCUT2D eigenvalue weighted by Crippen LogP contribution is -2.12. The van der Waals surface area contributed by atoms with Gasteiger partial charge in [0, 0.05) is 44.3 Å². The summed E-state index contributed by atoms with van der Waals surface area (Å²) in [5, 5.41) is 14.5. The van der Waals surface area contributed by atoms with E-state index in [-0.39, 0.29) is 0 Å². The monoisotopic (exact) mass is 1410 g/mol. The Morgan fingerprint density at radius 2 is 0.627 bits per heavy atom. The van der Waals surface area contributed by atoms with Gasteiger partial charge in [0.2, 0.25) is 0 Å². The van der Waals surface area contributed by atoms with Gasteiger partial charge < -0.3 is 18.6 Å². The molecule has 2 aliphatic carbocycles. The molecule has 4 nitrogen and oxygen atoms in total. The number of hydrogen-bond donors (Lipinski definition) is 0. The largest absolute Gasteiger partial charge is 0.454 e. The van der Waals surface area contributed by atoms with E-state index in [0.717, 1.165) is 83.6 Å². The van der Waals surface area contributed by atoms with Gasteiger partial charge in [0.1, 0.15) is 11.2 Å². The number of furan rings is 2. The standard InChI is InChI=1S/C54H39NO.C52H35NO/c1-33(2)37-19-14-20-40(29-37)55(53-34(3)25-28-45-42-21-12-13-24-48(42)56-54(45)53)41-27-26-38-31-46-47(32-39(38)30-41)52-50(36-17-8-5-9-18-36)44-23-11-10-22-43(44)49(51(46)52)35-15-6-4-7-16-35;1-32-24-25-33(2)46(28-32)53(45-22-13-21-42-39-18-11-12-23-47(39)54-52(42)45)38-27-26-36-30-43-44(31-37(36)29-38)51-49(35-16-7-4-8-17-35)41-20-10-9-19-40(41)48(50(43)51)34-14-5-3-6-15-34/h4-33H,1-3H3;3-31H,1-2H3. The van der Waals surface area contributed by atoms with Gasteiger partial charge in [-0.05, 0) is 266 Å². The van der Waals surface area contributed by atoms with Gasteiger partial charge in [-0.3, -0.25) is 0 Å². The molecule has 0 N–H and O–H groups in total. The molecule has 520 valence electrons. The Hall–Kier alpha value is -13.8. The molecule has 4 heteroatoms. The number of anilines is 6. The Bertz CT molecular complexity index is 7150. The second-order valence-corrected chi connectivity index (χ2v) is 30.1. The molecule has 2 aliphatic rings. The van der Waals surface area contributed by atoms with Crippen LogP contribution in [-0.4, -0.2) is 0 Å². The first-order valence-electron chi connectivity index (χ1n) is 38.3. The first-order chi connectivity index (χ1) is 54.1. The molecular weight excluding hydrogens is 1330 g/mol. The fourth-order valence-electron chi connectivity index (χ4n) is 18.0. The number of benzene rings is 18. The number of nitrogens with zero attached hydrogens (tertiary/aromatic N) is 2. The maximum atomic E-state index is 6.73. The maximum absolute atomic E-state index is 6.73. The van der Waals surface area contributed by atoms with E-state index in [0.29, 0.717) is 5.92 Å². The van der Waals surface area contributed by atoms with Gasteiger partial charge >= 0.3 is 0 Å². The predicted octanol–water partition coefficient (Wildman–Crippen LogP) is 30.7. The van der Waals surface area contributed by atoms with Crippen LogP contribution in [0.2, 0.25) is 0 Å². The number of rotatable bonds is 11. The van der Waals surface area contributed by atoms with Crippen molar-refractivity contribution in [3.8, 4) is 89.0 Å². The second kappa shape index (κ2) is 25.7. The van der Waals surface area contributed by atoms with Crippen LogP contribution in [0, 0.1) is 20.8 Å². The van der Waals surface area contributed by atoms with Gasteiger partial charge in [0.15, 0.2) is 11.2 Å². The van der Waals surface area contributed by atoms with Crippen molar-refractivity contribution in [2.75, 3.05) is 9.80 Å². The van der Waals surface area contributed by atoms with Crippen LogP contribution in [-0.2, 0) is 0 Å². The minimum Gasteiger partial charge on any atom is -0.454 e. The van der Waals surface area contributed by atoms with E-state index in [1.54, 1.807) is 0 Å². The molecular formula is C106H74N2O2. The molecule has 0 amide bonds. The Morgan fingerprint density at radius 3 is 1.10 bits per heavy atom. The Kier molecular flexibility index (Phi) is 15.1. The van der Waals surface area contributed by atoms with Crippen LogP contribution in [0.3, 0.4) is 0 Å². The highest BCUT2D eigenvalue weighted by molar-refractivity contribution is 6.28. The molecule has 22 rings (SSSR count). The summed E-state index contributed by atoms with van der Waals surface area (Å²) in [6, 6.07) is 128. The van der Waals surface area contributed by atoms with E-state index >= 15 is 0 Å². The van der Waals surface area contributed by atoms with Crippen molar-refractivity contribution in [2.45, 2.75) is 40.5 Å². The number of aryl methyl sites for hydroxylation is 3. The van der Waals surface area contributed by atoms with E-state index < -0.39 is 0 Å². The third-order valence-corrected chi connectivity index (χ3v) is 23.2. The number of para-hydroxylation sites is 3. The second-order valence-electron chi connectivity index (χ2n) is 30.1. The molecule has 110 heavy (non-hydrogen) atoms. The van der Waals surface area contributed by atoms with Crippen LogP contribution in [0.5, 0.6) is 0 Å².